The van der Waals surface area contributed by atoms with E-state index < -0.39 is 116 Å². The summed E-state index contributed by atoms with van der Waals surface area (Å²) in [5, 5.41) is 10.0. The number of anilines is 1. The van der Waals surface area contributed by atoms with Crippen molar-refractivity contribution < 1.29 is 52.7 Å². The highest BCUT2D eigenvalue weighted by molar-refractivity contribution is 7.92. The van der Waals surface area contributed by atoms with E-state index in [0.29, 0.717) is 10.7 Å². The van der Waals surface area contributed by atoms with Gasteiger partial charge in [0.1, 0.15) is 35.4 Å². The lowest BCUT2D eigenvalue weighted by atomic mass is 10.0. The first kappa shape index (κ1) is 43.7. The highest BCUT2D eigenvalue weighted by Crippen LogP contribution is 2.68. The molecule has 13 nitrogen and oxygen atoms in total. The van der Waals surface area contributed by atoms with Crippen molar-refractivity contribution in [2.45, 2.75) is 49.9 Å². The number of nitrogens with zero attached hydrogens (tertiary/aromatic N) is 7. The van der Waals surface area contributed by atoms with Crippen LogP contribution in [0.1, 0.15) is 58.7 Å². The molecule has 65 heavy (non-hydrogen) atoms. The second-order valence-corrected chi connectivity index (χ2v) is 17.8. The first-order chi connectivity index (χ1) is 30.5. The molecule has 3 aromatic carbocycles. The zero-order chi connectivity index (χ0) is 46.7. The van der Waals surface area contributed by atoms with Crippen molar-refractivity contribution >= 4 is 55.3 Å². The second-order valence-electron chi connectivity index (χ2n) is 15.6. The van der Waals surface area contributed by atoms with Crippen LogP contribution in [0.2, 0.25) is 5.02 Å². The van der Waals surface area contributed by atoms with Gasteiger partial charge in [0.25, 0.3) is 17.9 Å². The first-order valence-electron chi connectivity index (χ1n) is 19.3. The van der Waals surface area contributed by atoms with Crippen LogP contribution in [-0.4, -0.2) is 54.7 Å². The van der Waals surface area contributed by atoms with Crippen LogP contribution in [0.3, 0.4) is 0 Å². The summed E-state index contributed by atoms with van der Waals surface area (Å²) in [5.41, 5.74) is -5.75. The minimum absolute atomic E-state index is 0.0221. The Hall–Kier alpha value is -6.49. The van der Waals surface area contributed by atoms with E-state index in [1.807, 2.05) is 0 Å². The fraction of sp³-hybridized carbons (Fsp3) is 0.268. The maximum atomic E-state index is 15.5. The molecule has 0 aliphatic heterocycles. The Morgan fingerprint density at radius 2 is 1.71 bits per heavy atom. The van der Waals surface area contributed by atoms with E-state index in [2.05, 4.69) is 30.2 Å². The van der Waals surface area contributed by atoms with Crippen molar-refractivity contribution in [1.29, 1.82) is 0 Å². The molecule has 2 aliphatic rings. The molecule has 4 heterocycles. The molecule has 0 saturated heterocycles. The topological polar surface area (TPSA) is 159 Å². The fourth-order valence-electron chi connectivity index (χ4n) is 8.56. The summed E-state index contributed by atoms with van der Waals surface area (Å²) in [6, 6.07) is 9.84. The number of alkyl halides is 7. The Balaban J connectivity index is 1.27. The molecule has 338 valence electrons. The van der Waals surface area contributed by atoms with E-state index >= 15 is 8.78 Å². The maximum absolute atomic E-state index is 15.5. The van der Waals surface area contributed by atoms with Crippen LogP contribution in [-0.2, 0) is 46.9 Å². The van der Waals surface area contributed by atoms with Crippen molar-refractivity contribution in [1.82, 2.24) is 39.4 Å². The van der Waals surface area contributed by atoms with Crippen LogP contribution in [0.15, 0.2) is 71.5 Å². The average Bonchev–Trinajstić information content (AvgIpc) is 3.75. The number of nitrogens with one attached hydrogen (secondary N) is 2. The zero-order valence-electron chi connectivity index (χ0n) is 33.2. The molecule has 24 heteroatoms. The third kappa shape index (κ3) is 7.72. The Bertz CT molecular complexity index is 3300. The monoisotopic (exact) mass is 949 g/mol. The van der Waals surface area contributed by atoms with Crippen LogP contribution in [0.25, 0.3) is 38.9 Å². The maximum Gasteiger partial charge on any atom is 0.417 e. The van der Waals surface area contributed by atoms with Gasteiger partial charge in [0.15, 0.2) is 11.5 Å². The molecule has 1 amide bonds. The number of carbonyl (C=O) groups is 1. The van der Waals surface area contributed by atoms with Gasteiger partial charge in [-0.1, -0.05) is 29.8 Å². The number of hydrogen-bond acceptors (Lipinski definition) is 8. The molecule has 9 rings (SSSR count). The molecule has 1 saturated carbocycles. The number of sulfonamides is 1. The van der Waals surface area contributed by atoms with Crippen LogP contribution in [0, 0.1) is 17.6 Å². The Morgan fingerprint density at radius 3 is 2.38 bits per heavy atom. The van der Waals surface area contributed by atoms with E-state index in [1.54, 1.807) is 0 Å². The van der Waals surface area contributed by atoms with Crippen molar-refractivity contribution in [3.05, 3.63) is 128 Å². The smallest absolute Gasteiger partial charge is 0.344 e. The summed E-state index contributed by atoms with van der Waals surface area (Å²) in [6.45, 7) is -1.10. The molecule has 0 unspecified atom stereocenters. The quantitative estimate of drug-likeness (QED) is 0.123. The highest BCUT2D eigenvalue weighted by Gasteiger charge is 2.67. The fourth-order valence-corrected chi connectivity index (χ4v) is 9.30. The van der Waals surface area contributed by atoms with Crippen LogP contribution in [0.4, 0.5) is 45.3 Å². The van der Waals surface area contributed by atoms with Gasteiger partial charge in [-0.15, -0.1) is 0 Å². The van der Waals surface area contributed by atoms with Crippen LogP contribution >= 0.6 is 11.6 Å². The number of halogens is 10. The largest absolute Gasteiger partial charge is 0.417 e. The Kier molecular flexibility index (Phi) is 10.3. The van der Waals surface area contributed by atoms with Gasteiger partial charge in [-0.05, 0) is 60.4 Å². The SMILES string of the molecule is Cn1nc(NS(C)(=O)=O)c2c(Cl)ccc(-n3c([C@H](Cc4cc(F)cc(F)c4)NC(=O)Cn4nc(C(F)F)c5c4C(F)(F)[C@@H]4C[C@H]54)nc4nc(-c5ccccc5C(F)(F)F)ccc4c3=O)c21. The Labute approximate surface area is 364 Å². The third-order valence-electron chi connectivity index (χ3n) is 11.2. The van der Waals surface area contributed by atoms with Gasteiger partial charge in [0.2, 0.25) is 15.9 Å². The lowest BCUT2D eigenvalue weighted by molar-refractivity contribution is -0.137. The number of fused-ring (bicyclic) bond motifs is 5. The molecule has 3 atom stereocenters. The molecular weight excluding hydrogens is 921 g/mol. The van der Waals surface area contributed by atoms with Crippen molar-refractivity contribution in [3.63, 3.8) is 0 Å². The van der Waals surface area contributed by atoms with E-state index in [1.165, 1.54) is 25.2 Å². The van der Waals surface area contributed by atoms with E-state index in [9.17, 15) is 48.7 Å². The zero-order valence-corrected chi connectivity index (χ0v) is 34.8. The van der Waals surface area contributed by atoms with Crippen LogP contribution in [0.5, 0.6) is 0 Å². The molecule has 0 radical (unpaired) electrons. The summed E-state index contributed by atoms with van der Waals surface area (Å²) in [6.07, 6.45) is -7.97. The first-order valence-corrected chi connectivity index (χ1v) is 21.5. The number of benzene rings is 3. The predicted octanol–water partition coefficient (Wildman–Crippen LogP) is 8.10. The van der Waals surface area contributed by atoms with Gasteiger partial charge < -0.3 is 5.32 Å². The van der Waals surface area contributed by atoms with Gasteiger partial charge in [0.05, 0.1) is 50.6 Å². The highest BCUT2D eigenvalue weighted by atomic mass is 35.5. The summed E-state index contributed by atoms with van der Waals surface area (Å²) in [5.74, 6) is -9.91. The van der Waals surface area contributed by atoms with Gasteiger partial charge in [0, 0.05) is 36.6 Å². The van der Waals surface area contributed by atoms with E-state index in [4.69, 9.17) is 11.6 Å². The normalized spacial score (nSPS) is 17.1. The van der Waals surface area contributed by atoms with Crippen molar-refractivity contribution in [3.8, 4) is 16.9 Å². The van der Waals surface area contributed by atoms with Crippen LogP contribution < -0.4 is 15.6 Å². The number of hydrogen-bond donors (Lipinski definition) is 2. The molecule has 1 fully saturated rings. The van der Waals surface area contributed by atoms with E-state index in [0.717, 1.165) is 58.0 Å². The van der Waals surface area contributed by atoms with Crippen molar-refractivity contribution in [2.24, 2.45) is 13.0 Å². The number of carbonyl (C=O) groups excluding carboxylic acids is 1. The Morgan fingerprint density at radius 1 is 1.00 bits per heavy atom. The minimum atomic E-state index is -4.85. The molecule has 7 aromatic rings. The summed E-state index contributed by atoms with van der Waals surface area (Å²) in [7, 11) is -2.63. The van der Waals surface area contributed by atoms with Gasteiger partial charge in [-0.3, -0.25) is 28.2 Å². The standard InChI is InChI=1S/C41H29ClF9N9O4S/c1-58-33-28(10-8-25(42)31(33)37(56-58)57-65(2,63)64)60-38(54-36-21(39(60)62)7-9-26(53-36)20-5-3-4-6-23(20)41(49,50)51)27(13-17-11-18(43)14-19(44)12-17)52-29(61)16-59-34-30(32(55-59)35(45)46)22-15-24(22)40(34,47)48/h3-12,14,22,24,27,35H,13,15-16H2,1-2H3,(H,52,61)(H,56,57)/t22-,24+,27-/m0/s1. The summed E-state index contributed by atoms with van der Waals surface area (Å²) in [4.78, 5) is 38.0. The molecular formula is C41H29ClF9N9O4S. The average molecular weight is 950 g/mol. The summed E-state index contributed by atoms with van der Waals surface area (Å²) < 4.78 is 161. The predicted molar refractivity (Wildman–Crippen MR) is 216 cm³/mol. The van der Waals surface area contributed by atoms with Gasteiger partial charge in [-0.2, -0.15) is 32.1 Å². The van der Waals surface area contributed by atoms with Gasteiger partial charge >= 0.3 is 6.18 Å². The van der Waals surface area contributed by atoms with E-state index in [-0.39, 0.29) is 56.1 Å². The minimum Gasteiger partial charge on any atom is -0.344 e. The number of pyridine rings is 1. The third-order valence-corrected chi connectivity index (χ3v) is 12.1. The van der Waals surface area contributed by atoms with Gasteiger partial charge in [-0.25, -0.2) is 35.9 Å². The number of rotatable bonds is 11. The second kappa shape index (κ2) is 15.3. The number of amides is 1. The molecule has 4 aromatic heterocycles. The lowest BCUT2D eigenvalue weighted by Gasteiger charge is -2.24. The number of aromatic nitrogens is 7. The number of aryl methyl sites for hydroxylation is 1. The van der Waals surface area contributed by atoms with Crippen molar-refractivity contribution in [2.75, 3.05) is 11.0 Å². The molecule has 0 spiro atoms. The lowest BCUT2D eigenvalue weighted by Crippen LogP contribution is -2.38. The molecule has 2 N–H and O–H groups in total. The molecule has 0 bridgehead atoms. The summed E-state index contributed by atoms with van der Waals surface area (Å²) >= 11 is 6.58. The molecule has 2 aliphatic carbocycles.